The van der Waals surface area contributed by atoms with Crippen LogP contribution in [0.4, 0.5) is 5.69 Å². The Kier molecular flexibility index (Phi) is 4.02. The summed E-state index contributed by atoms with van der Waals surface area (Å²) in [6.07, 6.45) is 5.18. The molecule has 1 aromatic rings. The highest BCUT2D eigenvalue weighted by atomic mass is 16.2. The first-order valence-electron chi connectivity index (χ1n) is 6.45. The van der Waals surface area contributed by atoms with Crippen LogP contribution >= 0.6 is 0 Å². The lowest BCUT2D eigenvalue weighted by atomic mass is 10.1. The van der Waals surface area contributed by atoms with Crippen LogP contribution in [0.15, 0.2) is 24.3 Å². The minimum Gasteiger partial charge on any atom is -0.286 e. The molecule has 1 heterocycles. The minimum atomic E-state index is 0.117. The Balaban J connectivity index is 1.99. The standard InChI is InChI=1S/C14H20N2O/c1-2-3-5-12-7-9-13(10-8-12)16-11-4-6-14(17)15-16/h7-10H,2-6,11H2,1H3,(H,15,17). The first-order valence-corrected chi connectivity index (χ1v) is 6.45. The van der Waals surface area contributed by atoms with E-state index in [9.17, 15) is 4.79 Å². The predicted octanol–water partition coefficient (Wildman–Crippen LogP) is 2.66. The maximum Gasteiger partial charge on any atom is 0.238 e. The Morgan fingerprint density at radius 1 is 1.29 bits per heavy atom. The molecule has 1 amide bonds. The van der Waals surface area contributed by atoms with Crippen LogP contribution in [0.1, 0.15) is 38.2 Å². The molecule has 1 aliphatic rings. The minimum absolute atomic E-state index is 0.117. The maximum atomic E-state index is 11.3. The van der Waals surface area contributed by atoms with Crippen molar-refractivity contribution in [1.29, 1.82) is 0 Å². The fraction of sp³-hybridized carbons (Fsp3) is 0.500. The molecule has 0 atom stereocenters. The second kappa shape index (κ2) is 5.71. The molecule has 1 fully saturated rings. The molecule has 0 aromatic heterocycles. The number of benzene rings is 1. The van der Waals surface area contributed by atoms with Gasteiger partial charge in [0, 0.05) is 13.0 Å². The van der Waals surface area contributed by atoms with Crippen LogP contribution in [0.3, 0.4) is 0 Å². The van der Waals surface area contributed by atoms with Crippen molar-refractivity contribution in [3.8, 4) is 0 Å². The van der Waals surface area contributed by atoms with Crippen LogP contribution in [0.5, 0.6) is 0 Å². The second-order valence-electron chi connectivity index (χ2n) is 4.56. The summed E-state index contributed by atoms with van der Waals surface area (Å²) in [5.41, 5.74) is 5.35. The lowest BCUT2D eigenvalue weighted by Crippen LogP contribution is -2.46. The SMILES string of the molecule is CCCCc1ccc(N2CCCC(=O)N2)cc1. The molecule has 92 valence electrons. The summed E-state index contributed by atoms with van der Waals surface area (Å²) in [7, 11) is 0. The Hall–Kier alpha value is -1.51. The van der Waals surface area contributed by atoms with Crippen molar-refractivity contribution in [1.82, 2.24) is 5.43 Å². The van der Waals surface area contributed by atoms with Crippen molar-refractivity contribution in [3.05, 3.63) is 29.8 Å². The van der Waals surface area contributed by atoms with Gasteiger partial charge in [0.15, 0.2) is 0 Å². The number of nitrogens with zero attached hydrogens (tertiary/aromatic N) is 1. The Morgan fingerprint density at radius 2 is 2.06 bits per heavy atom. The fourth-order valence-corrected chi connectivity index (χ4v) is 2.08. The fourth-order valence-electron chi connectivity index (χ4n) is 2.08. The molecule has 1 aliphatic heterocycles. The summed E-state index contributed by atoms with van der Waals surface area (Å²) in [4.78, 5) is 11.3. The molecule has 0 unspecified atom stereocenters. The average Bonchev–Trinajstić information content (AvgIpc) is 2.37. The first kappa shape index (κ1) is 12.0. The van der Waals surface area contributed by atoms with Gasteiger partial charge in [-0.3, -0.25) is 15.2 Å². The third-order valence-corrected chi connectivity index (χ3v) is 3.11. The molecule has 1 saturated heterocycles. The number of rotatable bonds is 4. The summed E-state index contributed by atoms with van der Waals surface area (Å²) in [5, 5.41) is 1.94. The highest BCUT2D eigenvalue weighted by Crippen LogP contribution is 2.17. The molecule has 1 N–H and O–H groups in total. The highest BCUT2D eigenvalue weighted by molar-refractivity contribution is 5.79. The summed E-state index contributed by atoms with van der Waals surface area (Å²) < 4.78 is 0. The number of hydrogen-bond acceptors (Lipinski definition) is 2. The van der Waals surface area contributed by atoms with E-state index in [0.29, 0.717) is 6.42 Å². The van der Waals surface area contributed by atoms with Crippen LogP contribution in [-0.4, -0.2) is 12.5 Å². The van der Waals surface area contributed by atoms with Crippen LogP contribution in [0, 0.1) is 0 Å². The lowest BCUT2D eigenvalue weighted by Gasteiger charge is -2.29. The first-order chi connectivity index (χ1) is 8.29. The van der Waals surface area contributed by atoms with E-state index in [1.807, 2.05) is 5.01 Å². The molecule has 0 aliphatic carbocycles. The topological polar surface area (TPSA) is 32.3 Å². The number of aryl methyl sites for hydroxylation is 1. The Labute approximate surface area is 103 Å². The number of anilines is 1. The van der Waals surface area contributed by atoms with Crippen molar-refractivity contribution in [2.75, 3.05) is 11.6 Å². The zero-order chi connectivity index (χ0) is 12.1. The van der Waals surface area contributed by atoms with E-state index < -0.39 is 0 Å². The normalized spacial score (nSPS) is 15.8. The molecule has 1 aromatic carbocycles. The number of unbranched alkanes of at least 4 members (excludes halogenated alkanes) is 1. The predicted molar refractivity (Wildman–Crippen MR) is 69.8 cm³/mol. The monoisotopic (exact) mass is 232 g/mol. The van der Waals surface area contributed by atoms with Crippen LogP contribution < -0.4 is 10.4 Å². The van der Waals surface area contributed by atoms with Crippen molar-refractivity contribution >= 4 is 11.6 Å². The molecular weight excluding hydrogens is 212 g/mol. The van der Waals surface area contributed by atoms with E-state index in [2.05, 4.69) is 36.6 Å². The van der Waals surface area contributed by atoms with Gasteiger partial charge in [-0.25, -0.2) is 0 Å². The molecule has 0 radical (unpaired) electrons. The summed E-state index contributed by atoms with van der Waals surface area (Å²) in [6.45, 7) is 3.11. The number of hydrazine groups is 1. The second-order valence-corrected chi connectivity index (χ2v) is 4.56. The van der Waals surface area contributed by atoms with Gasteiger partial charge in [0.25, 0.3) is 0 Å². The summed E-state index contributed by atoms with van der Waals surface area (Å²) in [6, 6.07) is 8.50. The van der Waals surface area contributed by atoms with Gasteiger partial charge in [0.05, 0.1) is 5.69 Å². The van der Waals surface area contributed by atoms with Crippen molar-refractivity contribution in [2.24, 2.45) is 0 Å². The molecule has 3 heteroatoms. The van der Waals surface area contributed by atoms with Crippen LogP contribution in [0.25, 0.3) is 0 Å². The van der Waals surface area contributed by atoms with Crippen molar-refractivity contribution < 1.29 is 4.79 Å². The van der Waals surface area contributed by atoms with Gasteiger partial charge >= 0.3 is 0 Å². The zero-order valence-corrected chi connectivity index (χ0v) is 10.4. The van der Waals surface area contributed by atoms with Gasteiger partial charge in [-0.1, -0.05) is 25.5 Å². The Bertz CT molecular complexity index is 372. The van der Waals surface area contributed by atoms with Crippen molar-refractivity contribution in [3.63, 3.8) is 0 Å². The van der Waals surface area contributed by atoms with E-state index in [1.165, 1.54) is 18.4 Å². The summed E-state index contributed by atoms with van der Waals surface area (Å²) in [5.74, 6) is 0.117. The summed E-state index contributed by atoms with van der Waals surface area (Å²) >= 11 is 0. The van der Waals surface area contributed by atoms with Gasteiger partial charge in [-0.15, -0.1) is 0 Å². The maximum absolute atomic E-state index is 11.3. The van der Waals surface area contributed by atoms with E-state index in [1.54, 1.807) is 0 Å². The van der Waals surface area contributed by atoms with E-state index in [-0.39, 0.29) is 5.91 Å². The third kappa shape index (κ3) is 3.22. The van der Waals surface area contributed by atoms with E-state index in [0.717, 1.165) is 25.1 Å². The number of nitrogens with one attached hydrogen (secondary N) is 1. The number of amides is 1. The van der Waals surface area contributed by atoms with Crippen molar-refractivity contribution in [2.45, 2.75) is 39.0 Å². The molecule has 0 bridgehead atoms. The van der Waals surface area contributed by atoms with Gasteiger partial charge in [-0.05, 0) is 37.0 Å². The highest BCUT2D eigenvalue weighted by Gasteiger charge is 2.15. The number of hydrogen-bond donors (Lipinski definition) is 1. The van der Waals surface area contributed by atoms with E-state index >= 15 is 0 Å². The van der Waals surface area contributed by atoms with E-state index in [4.69, 9.17) is 0 Å². The molecule has 2 rings (SSSR count). The molecular formula is C14H20N2O. The van der Waals surface area contributed by atoms with Gasteiger partial charge in [0.2, 0.25) is 5.91 Å². The number of carbonyl (C=O) groups is 1. The number of carbonyl (C=O) groups excluding carboxylic acids is 1. The molecule has 17 heavy (non-hydrogen) atoms. The van der Waals surface area contributed by atoms with Crippen LogP contribution in [0.2, 0.25) is 0 Å². The van der Waals surface area contributed by atoms with Gasteiger partial charge in [0.1, 0.15) is 0 Å². The molecule has 0 spiro atoms. The molecule has 0 saturated carbocycles. The average molecular weight is 232 g/mol. The lowest BCUT2D eigenvalue weighted by molar-refractivity contribution is -0.122. The van der Waals surface area contributed by atoms with Gasteiger partial charge in [-0.2, -0.15) is 0 Å². The molecule has 3 nitrogen and oxygen atoms in total. The van der Waals surface area contributed by atoms with Crippen LogP contribution in [-0.2, 0) is 11.2 Å². The smallest absolute Gasteiger partial charge is 0.238 e. The van der Waals surface area contributed by atoms with Gasteiger partial charge < -0.3 is 0 Å². The quantitative estimate of drug-likeness (QED) is 0.865. The largest absolute Gasteiger partial charge is 0.286 e. The Morgan fingerprint density at radius 3 is 2.71 bits per heavy atom. The third-order valence-electron chi connectivity index (χ3n) is 3.11. The zero-order valence-electron chi connectivity index (χ0n) is 10.4.